The number of benzene rings is 1. The van der Waals surface area contributed by atoms with Crippen LogP contribution in [-0.2, 0) is 4.74 Å². The normalized spacial score (nSPS) is 11.9. The Balaban J connectivity index is 2.85. The molecule has 19 heavy (non-hydrogen) atoms. The minimum absolute atomic E-state index is 0.0325. The molecule has 1 aromatic rings. The monoisotopic (exact) mass is 265 g/mol. The van der Waals surface area contributed by atoms with Crippen LogP contribution in [-0.4, -0.2) is 23.1 Å². The van der Waals surface area contributed by atoms with Crippen LogP contribution in [0, 0.1) is 0 Å². The van der Waals surface area contributed by atoms with Crippen LogP contribution in [0.25, 0.3) is 0 Å². The van der Waals surface area contributed by atoms with E-state index in [1.54, 1.807) is 6.92 Å². The Kier molecular flexibility index (Phi) is 5.36. The third-order valence-electron chi connectivity index (χ3n) is 2.77. The molecule has 1 rings (SSSR count). The summed E-state index contributed by atoms with van der Waals surface area (Å²) in [6.07, 6.45) is 2.51. The lowest BCUT2D eigenvalue weighted by molar-refractivity contribution is 0.0314. The number of unbranched alkanes of at least 4 members (excludes halogenated alkanes) is 1. The first kappa shape index (κ1) is 15.0. The molecule has 0 aliphatic rings. The van der Waals surface area contributed by atoms with Gasteiger partial charge < -0.3 is 15.6 Å². The molecule has 0 amide bonds. The number of carbonyl (C=O) groups is 2. The number of carbonyl (C=O) groups excluding carboxylic acids is 1. The van der Waals surface area contributed by atoms with E-state index in [4.69, 9.17) is 15.6 Å². The molecular weight excluding hydrogens is 246 g/mol. The third-order valence-corrected chi connectivity index (χ3v) is 2.77. The fraction of sp³-hybridized carbons (Fsp3) is 0.429. The summed E-state index contributed by atoms with van der Waals surface area (Å²) in [4.78, 5) is 23.0. The summed E-state index contributed by atoms with van der Waals surface area (Å²) < 4.78 is 5.23. The second-order valence-electron chi connectivity index (χ2n) is 4.47. The van der Waals surface area contributed by atoms with Crippen molar-refractivity contribution in [2.24, 2.45) is 0 Å². The Morgan fingerprint density at radius 2 is 2.05 bits per heavy atom. The van der Waals surface area contributed by atoms with Crippen molar-refractivity contribution in [3.63, 3.8) is 0 Å². The van der Waals surface area contributed by atoms with Gasteiger partial charge in [-0.3, -0.25) is 0 Å². The molecule has 0 saturated carbocycles. The van der Waals surface area contributed by atoms with Crippen molar-refractivity contribution in [1.82, 2.24) is 0 Å². The van der Waals surface area contributed by atoms with Crippen LogP contribution in [0.4, 0.5) is 5.69 Å². The lowest BCUT2D eigenvalue weighted by atomic mass is 10.1. The van der Waals surface area contributed by atoms with Gasteiger partial charge in [0.1, 0.15) is 0 Å². The number of esters is 1. The summed E-state index contributed by atoms with van der Waals surface area (Å²) in [7, 11) is 0. The van der Waals surface area contributed by atoms with Crippen LogP contribution >= 0.6 is 0 Å². The van der Waals surface area contributed by atoms with E-state index in [-0.39, 0.29) is 17.2 Å². The topological polar surface area (TPSA) is 89.6 Å². The van der Waals surface area contributed by atoms with Crippen molar-refractivity contribution >= 4 is 17.6 Å². The highest BCUT2D eigenvalue weighted by atomic mass is 16.5. The zero-order valence-corrected chi connectivity index (χ0v) is 11.2. The van der Waals surface area contributed by atoms with E-state index in [1.165, 1.54) is 18.2 Å². The quantitative estimate of drug-likeness (QED) is 0.609. The Bertz CT molecular complexity index is 471. The van der Waals surface area contributed by atoms with Gasteiger partial charge in [-0.15, -0.1) is 0 Å². The number of hydrogen-bond donors (Lipinski definition) is 2. The number of ether oxygens (including phenoxy) is 1. The molecule has 3 N–H and O–H groups in total. The van der Waals surface area contributed by atoms with Crippen molar-refractivity contribution in [2.75, 3.05) is 5.73 Å². The van der Waals surface area contributed by atoms with Crippen LogP contribution in [0.2, 0.25) is 0 Å². The maximum absolute atomic E-state index is 11.9. The fourth-order valence-corrected chi connectivity index (χ4v) is 1.71. The molecule has 5 nitrogen and oxygen atoms in total. The highest BCUT2D eigenvalue weighted by Gasteiger charge is 2.19. The Hall–Kier alpha value is -2.04. The molecule has 5 heteroatoms. The second kappa shape index (κ2) is 6.78. The SMILES string of the molecule is CCCCC(C)OC(=O)c1ccc(N)cc1C(=O)O. The van der Waals surface area contributed by atoms with Crippen LogP contribution in [0.15, 0.2) is 18.2 Å². The first-order valence-corrected chi connectivity index (χ1v) is 6.29. The van der Waals surface area contributed by atoms with Crippen LogP contribution in [0.3, 0.4) is 0 Å². The standard InChI is InChI=1S/C14H19NO4/c1-3-4-5-9(2)19-14(18)11-7-6-10(15)8-12(11)13(16)17/h6-9H,3-5,15H2,1-2H3,(H,16,17). The lowest BCUT2D eigenvalue weighted by Gasteiger charge is -2.14. The van der Waals surface area contributed by atoms with E-state index in [2.05, 4.69) is 6.92 Å². The summed E-state index contributed by atoms with van der Waals surface area (Å²) in [5, 5.41) is 9.05. The minimum atomic E-state index is -1.19. The number of aromatic carboxylic acids is 1. The smallest absolute Gasteiger partial charge is 0.339 e. The number of nitrogen functional groups attached to an aromatic ring is 1. The Labute approximate surface area is 112 Å². The molecule has 0 spiro atoms. The molecule has 0 fully saturated rings. The predicted molar refractivity (Wildman–Crippen MR) is 72.2 cm³/mol. The first-order chi connectivity index (χ1) is 8.95. The molecule has 1 unspecified atom stereocenters. The number of anilines is 1. The second-order valence-corrected chi connectivity index (χ2v) is 4.47. The van der Waals surface area contributed by atoms with Crippen molar-refractivity contribution in [2.45, 2.75) is 39.2 Å². The molecule has 0 heterocycles. The average molecular weight is 265 g/mol. The van der Waals surface area contributed by atoms with Crippen LogP contribution in [0.5, 0.6) is 0 Å². The highest BCUT2D eigenvalue weighted by Crippen LogP contribution is 2.16. The molecule has 1 atom stereocenters. The van der Waals surface area contributed by atoms with Gasteiger partial charge in [0.2, 0.25) is 0 Å². The number of hydrogen-bond acceptors (Lipinski definition) is 4. The summed E-state index contributed by atoms with van der Waals surface area (Å²) in [6.45, 7) is 3.85. The van der Waals surface area contributed by atoms with Gasteiger partial charge >= 0.3 is 11.9 Å². The molecule has 104 valence electrons. The van der Waals surface area contributed by atoms with E-state index in [0.717, 1.165) is 19.3 Å². The summed E-state index contributed by atoms with van der Waals surface area (Å²) in [5.41, 5.74) is 5.72. The van der Waals surface area contributed by atoms with Gasteiger partial charge in [-0.1, -0.05) is 19.8 Å². The van der Waals surface area contributed by atoms with Crippen LogP contribution < -0.4 is 5.73 Å². The fourth-order valence-electron chi connectivity index (χ4n) is 1.71. The van der Waals surface area contributed by atoms with Crippen molar-refractivity contribution in [1.29, 1.82) is 0 Å². The van der Waals surface area contributed by atoms with Crippen molar-refractivity contribution in [3.8, 4) is 0 Å². The summed E-state index contributed by atoms with van der Waals surface area (Å²) >= 11 is 0. The van der Waals surface area contributed by atoms with E-state index < -0.39 is 11.9 Å². The number of carboxylic acids is 1. The molecule has 0 aliphatic carbocycles. The molecule has 0 radical (unpaired) electrons. The average Bonchev–Trinajstić information content (AvgIpc) is 2.35. The maximum atomic E-state index is 11.9. The van der Waals surface area contributed by atoms with Gasteiger partial charge in [-0.25, -0.2) is 9.59 Å². The van der Waals surface area contributed by atoms with Gasteiger partial charge in [0.15, 0.2) is 0 Å². The maximum Gasteiger partial charge on any atom is 0.339 e. The Morgan fingerprint density at radius 3 is 2.63 bits per heavy atom. The molecule has 0 saturated heterocycles. The van der Waals surface area contributed by atoms with Crippen LogP contribution in [0.1, 0.15) is 53.8 Å². The third kappa shape index (κ3) is 4.28. The molecule has 0 bridgehead atoms. The van der Waals surface area contributed by atoms with E-state index >= 15 is 0 Å². The summed E-state index contributed by atoms with van der Waals surface area (Å²) in [6, 6.07) is 4.13. The number of rotatable bonds is 6. The van der Waals surface area contributed by atoms with Gasteiger partial charge in [0.05, 0.1) is 17.2 Å². The van der Waals surface area contributed by atoms with E-state index in [0.29, 0.717) is 5.69 Å². The molecule has 0 aromatic heterocycles. The van der Waals surface area contributed by atoms with Gasteiger partial charge in [-0.05, 0) is 31.5 Å². The Morgan fingerprint density at radius 1 is 1.37 bits per heavy atom. The zero-order chi connectivity index (χ0) is 14.4. The van der Waals surface area contributed by atoms with Crippen molar-refractivity contribution < 1.29 is 19.4 Å². The molecule has 1 aromatic carbocycles. The van der Waals surface area contributed by atoms with E-state index in [1.807, 2.05) is 0 Å². The lowest BCUT2D eigenvalue weighted by Crippen LogP contribution is -2.18. The molecular formula is C14H19NO4. The van der Waals surface area contributed by atoms with Gasteiger partial charge in [0.25, 0.3) is 0 Å². The largest absolute Gasteiger partial charge is 0.478 e. The number of carboxylic acid groups (broad SMARTS) is 1. The predicted octanol–water partition coefficient (Wildman–Crippen LogP) is 2.70. The van der Waals surface area contributed by atoms with Gasteiger partial charge in [0, 0.05) is 5.69 Å². The van der Waals surface area contributed by atoms with E-state index in [9.17, 15) is 9.59 Å². The zero-order valence-electron chi connectivity index (χ0n) is 11.2. The molecule has 0 aliphatic heterocycles. The highest BCUT2D eigenvalue weighted by molar-refractivity contribution is 6.03. The van der Waals surface area contributed by atoms with Crippen molar-refractivity contribution in [3.05, 3.63) is 29.3 Å². The minimum Gasteiger partial charge on any atom is -0.478 e. The number of nitrogens with two attached hydrogens (primary N) is 1. The summed E-state index contributed by atoms with van der Waals surface area (Å²) in [5.74, 6) is -1.82. The van der Waals surface area contributed by atoms with Gasteiger partial charge in [-0.2, -0.15) is 0 Å². The first-order valence-electron chi connectivity index (χ1n) is 6.29.